The van der Waals surface area contributed by atoms with E-state index in [4.69, 9.17) is 9.26 Å². The largest absolute Gasteiger partial charge is 0.485 e. The van der Waals surface area contributed by atoms with Crippen LogP contribution in [0.5, 0.6) is 5.75 Å². The van der Waals surface area contributed by atoms with E-state index in [1.807, 2.05) is 37.4 Å². The van der Waals surface area contributed by atoms with Crippen LogP contribution in [0.25, 0.3) is 10.2 Å². The molecule has 1 atom stereocenters. The normalized spacial score (nSPS) is 12.2. The molecule has 0 spiro atoms. The summed E-state index contributed by atoms with van der Waals surface area (Å²) in [6, 6.07) is 7.14. The summed E-state index contributed by atoms with van der Waals surface area (Å²) in [7, 11) is 0. The van der Waals surface area contributed by atoms with Gasteiger partial charge >= 0.3 is 0 Å². The molecule has 0 saturated carbocycles. The molecule has 4 aromatic rings. The minimum absolute atomic E-state index is 0.178. The Morgan fingerprint density at radius 1 is 1.37 bits per heavy atom. The quantitative estimate of drug-likeness (QED) is 0.524. The number of amides is 1. The van der Waals surface area contributed by atoms with Gasteiger partial charge in [0.25, 0.3) is 5.91 Å². The number of hydrogen-bond donors (Lipinski definition) is 1. The topological polar surface area (TPSA) is 90.1 Å². The molecule has 3 heterocycles. The molecule has 0 bridgehead atoms. The molecule has 0 aliphatic heterocycles. The molecule has 1 amide bonds. The first-order valence-corrected chi connectivity index (χ1v) is 9.94. The summed E-state index contributed by atoms with van der Waals surface area (Å²) >= 11 is 3.13. The van der Waals surface area contributed by atoms with Gasteiger partial charge in [0.05, 0.1) is 21.3 Å². The molecule has 3 aromatic heterocycles. The molecule has 0 saturated heterocycles. The number of benzene rings is 1. The van der Waals surface area contributed by atoms with Crippen molar-refractivity contribution in [2.75, 3.05) is 0 Å². The zero-order valence-corrected chi connectivity index (χ0v) is 16.3. The zero-order chi connectivity index (χ0) is 18.8. The van der Waals surface area contributed by atoms with Crippen molar-refractivity contribution in [3.05, 3.63) is 57.3 Å². The molecule has 138 valence electrons. The van der Waals surface area contributed by atoms with E-state index >= 15 is 0 Å². The fraction of sp³-hybridized carbons (Fsp3) is 0.222. The second-order valence-corrected chi connectivity index (χ2v) is 8.06. The summed E-state index contributed by atoms with van der Waals surface area (Å²) in [4.78, 5) is 20.9. The number of ether oxygens (including phenoxy) is 1. The minimum atomic E-state index is -0.313. The Kier molecular flexibility index (Phi) is 4.87. The summed E-state index contributed by atoms with van der Waals surface area (Å²) in [6.07, 6.45) is 1.71. The van der Waals surface area contributed by atoms with E-state index in [1.165, 1.54) is 11.3 Å². The van der Waals surface area contributed by atoms with Gasteiger partial charge in [-0.05, 0) is 26.0 Å². The predicted molar refractivity (Wildman–Crippen MR) is 103 cm³/mol. The number of carbonyl (C=O) groups excluding carboxylic acids is 1. The molecular weight excluding hydrogens is 384 g/mol. The molecule has 1 aromatic carbocycles. The lowest BCUT2D eigenvalue weighted by molar-refractivity contribution is 0.0930. The molecule has 27 heavy (non-hydrogen) atoms. The van der Waals surface area contributed by atoms with Crippen LogP contribution in [0.15, 0.2) is 40.4 Å². The molecule has 0 radical (unpaired) electrons. The van der Waals surface area contributed by atoms with E-state index in [9.17, 15) is 4.79 Å². The fourth-order valence-electron chi connectivity index (χ4n) is 2.54. The second kappa shape index (κ2) is 7.45. The van der Waals surface area contributed by atoms with Gasteiger partial charge in [0.2, 0.25) is 0 Å². The maximum absolute atomic E-state index is 12.3. The van der Waals surface area contributed by atoms with Crippen LogP contribution in [-0.2, 0) is 6.61 Å². The fourth-order valence-corrected chi connectivity index (χ4v) is 3.99. The van der Waals surface area contributed by atoms with Crippen molar-refractivity contribution < 1.29 is 14.1 Å². The van der Waals surface area contributed by atoms with Gasteiger partial charge in [0.1, 0.15) is 17.4 Å². The smallest absolute Gasteiger partial charge is 0.274 e. The summed E-state index contributed by atoms with van der Waals surface area (Å²) in [5.41, 5.74) is 1.12. The highest BCUT2D eigenvalue weighted by Gasteiger charge is 2.17. The van der Waals surface area contributed by atoms with Crippen molar-refractivity contribution in [2.24, 2.45) is 0 Å². The Morgan fingerprint density at radius 2 is 2.26 bits per heavy atom. The van der Waals surface area contributed by atoms with E-state index in [0.29, 0.717) is 11.5 Å². The van der Waals surface area contributed by atoms with Crippen LogP contribution < -0.4 is 10.1 Å². The highest BCUT2D eigenvalue weighted by molar-refractivity contribution is 7.18. The van der Waals surface area contributed by atoms with E-state index in [1.54, 1.807) is 23.6 Å². The monoisotopic (exact) mass is 400 g/mol. The number of nitrogens with one attached hydrogen (secondary N) is 1. The molecule has 0 aliphatic carbocycles. The van der Waals surface area contributed by atoms with Crippen molar-refractivity contribution >= 4 is 38.8 Å². The Bertz CT molecular complexity index is 1070. The van der Waals surface area contributed by atoms with Gasteiger partial charge in [-0.3, -0.25) is 4.79 Å². The van der Waals surface area contributed by atoms with Crippen LogP contribution in [0, 0.1) is 6.92 Å². The lowest BCUT2D eigenvalue weighted by Gasteiger charge is -2.08. The molecular formula is C18H16N4O3S2. The highest BCUT2D eigenvalue weighted by Crippen LogP contribution is 2.26. The van der Waals surface area contributed by atoms with E-state index < -0.39 is 0 Å². The molecule has 1 unspecified atom stereocenters. The van der Waals surface area contributed by atoms with Crippen LogP contribution in [0.3, 0.4) is 0 Å². The first-order valence-electron chi connectivity index (χ1n) is 8.24. The Morgan fingerprint density at radius 3 is 3.07 bits per heavy atom. The van der Waals surface area contributed by atoms with Crippen LogP contribution in [-0.4, -0.2) is 21.0 Å². The van der Waals surface area contributed by atoms with Crippen molar-refractivity contribution in [1.29, 1.82) is 0 Å². The Hall–Kier alpha value is -2.78. The van der Waals surface area contributed by atoms with E-state index in [2.05, 4.69) is 20.4 Å². The van der Waals surface area contributed by atoms with Crippen LogP contribution in [0.4, 0.5) is 0 Å². The third kappa shape index (κ3) is 3.99. The number of hydrogen-bond acceptors (Lipinski definition) is 8. The van der Waals surface area contributed by atoms with Gasteiger partial charge in [-0.1, -0.05) is 5.16 Å². The van der Waals surface area contributed by atoms with Crippen molar-refractivity contribution in [2.45, 2.75) is 26.5 Å². The third-order valence-corrected chi connectivity index (χ3v) is 5.72. The van der Waals surface area contributed by atoms with E-state index in [0.717, 1.165) is 20.2 Å². The number of aromatic nitrogens is 3. The molecule has 1 N–H and O–H groups in total. The van der Waals surface area contributed by atoms with Gasteiger partial charge in [-0.15, -0.1) is 22.7 Å². The average Bonchev–Trinajstić information content (AvgIpc) is 3.39. The van der Waals surface area contributed by atoms with Gasteiger partial charge in [-0.25, -0.2) is 9.97 Å². The molecule has 7 nitrogen and oxygen atoms in total. The highest BCUT2D eigenvalue weighted by atomic mass is 32.1. The zero-order valence-electron chi connectivity index (χ0n) is 14.6. The van der Waals surface area contributed by atoms with Crippen LogP contribution >= 0.6 is 22.7 Å². The standard InChI is InChI=1S/C18H16N4O3S2/c1-10(18-19-5-6-26-18)20-17(23)15-8-13(25-22-15)9-24-12-3-4-16-14(7-12)21-11(2)27-16/h3-8,10H,9H2,1-2H3,(H,20,23). The Labute approximate surface area is 163 Å². The number of nitrogens with zero attached hydrogens (tertiary/aromatic N) is 3. The molecule has 9 heteroatoms. The summed E-state index contributed by atoms with van der Waals surface area (Å²) in [6.45, 7) is 4.02. The predicted octanol–water partition coefficient (Wildman–Crippen LogP) is 4.12. The summed E-state index contributed by atoms with van der Waals surface area (Å²) in [5, 5.41) is 10.4. The minimum Gasteiger partial charge on any atom is -0.485 e. The first-order chi connectivity index (χ1) is 13.1. The SMILES string of the molecule is Cc1nc2cc(OCc3cc(C(=O)NC(C)c4nccs4)no3)ccc2s1. The lowest BCUT2D eigenvalue weighted by Crippen LogP contribution is -2.26. The molecule has 0 aliphatic rings. The third-order valence-electron chi connectivity index (χ3n) is 3.81. The maximum atomic E-state index is 12.3. The Balaban J connectivity index is 1.37. The van der Waals surface area contributed by atoms with Crippen LogP contribution in [0.1, 0.15) is 39.2 Å². The second-order valence-electron chi connectivity index (χ2n) is 5.90. The number of rotatable bonds is 6. The van der Waals surface area contributed by atoms with Crippen molar-refractivity contribution in [3.8, 4) is 5.75 Å². The maximum Gasteiger partial charge on any atom is 0.274 e. The number of fused-ring (bicyclic) bond motifs is 1. The van der Waals surface area contributed by atoms with Gasteiger partial charge < -0.3 is 14.6 Å². The summed E-state index contributed by atoms with van der Waals surface area (Å²) in [5.74, 6) is 0.844. The number of thiazole rings is 2. The van der Waals surface area contributed by atoms with Crippen LogP contribution in [0.2, 0.25) is 0 Å². The van der Waals surface area contributed by atoms with Crippen molar-refractivity contribution in [1.82, 2.24) is 20.4 Å². The average molecular weight is 400 g/mol. The van der Waals surface area contributed by atoms with Gasteiger partial charge in [-0.2, -0.15) is 0 Å². The number of aryl methyl sites for hydroxylation is 1. The van der Waals surface area contributed by atoms with E-state index in [-0.39, 0.29) is 24.2 Å². The molecule has 4 rings (SSSR count). The van der Waals surface area contributed by atoms with Crippen molar-refractivity contribution in [3.63, 3.8) is 0 Å². The lowest BCUT2D eigenvalue weighted by atomic mass is 10.3. The molecule has 0 fully saturated rings. The van der Waals surface area contributed by atoms with Gasteiger partial charge in [0.15, 0.2) is 11.5 Å². The first kappa shape index (κ1) is 17.6. The summed E-state index contributed by atoms with van der Waals surface area (Å²) < 4.78 is 12.1. The van der Waals surface area contributed by atoms with Gasteiger partial charge in [0, 0.05) is 23.7 Å². The number of carbonyl (C=O) groups is 1.